The molecule has 2 heterocycles. The van der Waals surface area contributed by atoms with Gasteiger partial charge in [0.2, 0.25) is 5.75 Å². The van der Waals surface area contributed by atoms with E-state index in [-0.39, 0.29) is 5.91 Å². The van der Waals surface area contributed by atoms with E-state index < -0.39 is 0 Å². The molecule has 1 aromatic rings. The Balaban J connectivity index is 1.77. The zero-order valence-electron chi connectivity index (χ0n) is 16.2. The molecule has 2 saturated heterocycles. The Morgan fingerprint density at radius 1 is 1.11 bits per heavy atom. The van der Waals surface area contributed by atoms with Gasteiger partial charge in [-0.2, -0.15) is 0 Å². The zero-order valence-corrected chi connectivity index (χ0v) is 17.9. The van der Waals surface area contributed by atoms with Gasteiger partial charge in [-0.05, 0) is 18.2 Å². The Kier molecular flexibility index (Phi) is 7.17. The lowest BCUT2D eigenvalue weighted by molar-refractivity contribution is -0.122. The third-order valence-electron chi connectivity index (χ3n) is 4.64. The maximum Gasteiger partial charge on any atom is 0.266 e. The normalized spacial score (nSPS) is 19.4. The van der Waals surface area contributed by atoms with Crippen LogP contribution < -0.4 is 14.2 Å². The van der Waals surface area contributed by atoms with Crippen molar-refractivity contribution in [3.8, 4) is 17.2 Å². The molecule has 9 heteroatoms. The summed E-state index contributed by atoms with van der Waals surface area (Å²) in [7, 11) is 4.67. The number of benzene rings is 1. The standard InChI is InChI=1S/C19H24N2O5S2/c1-23-14-5-4-13(16(24-2)17(14)25-3)12-15-18(22)21(19(27)28-15)7-6-20-8-10-26-11-9-20/h4-5,12H,6-11H2,1-3H3/b15-12+. The van der Waals surface area contributed by atoms with E-state index >= 15 is 0 Å². The first-order valence-corrected chi connectivity index (χ1v) is 10.2. The first-order chi connectivity index (χ1) is 13.6. The fraction of sp³-hybridized carbons (Fsp3) is 0.474. The molecule has 7 nitrogen and oxygen atoms in total. The summed E-state index contributed by atoms with van der Waals surface area (Å²) in [6, 6.07) is 3.62. The van der Waals surface area contributed by atoms with Crippen LogP contribution in [-0.4, -0.2) is 80.7 Å². The Labute approximate surface area is 174 Å². The average molecular weight is 425 g/mol. The van der Waals surface area contributed by atoms with E-state index in [1.54, 1.807) is 38.4 Å². The van der Waals surface area contributed by atoms with E-state index in [1.165, 1.54) is 11.8 Å². The van der Waals surface area contributed by atoms with Gasteiger partial charge < -0.3 is 18.9 Å². The van der Waals surface area contributed by atoms with Crippen LogP contribution in [0.3, 0.4) is 0 Å². The first-order valence-electron chi connectivity index (χ1n) is 8.93. The highest BCUT2D eigenvalue weighted by atomic mass is 32.2. The van der Waals surface area contributed by atoms with Crippen molar-refractivity contribution in [1.82, 2.24) is 9.80 Å². The summed E-state index contributed by atoms with van der Waals surface area (Å²) in [5.41, 5.74) is 0.730. The van der Waals surface area contributed by atoms with Gasteiger partial charge in [-0.1, -0.05) is 24.0 Å². The number of rotatable bonds is 7. The number of carbonyl (C=O) groups excluding carboxylic acids is 1. The van der Waals surface area contributed by atoms with Gasteiger partial charge >= 0.3 is 0 Å². The lowest BCUT2D eigenvalue weighted by atomic mass is 10.1. The van der Waals surface area contributed by atoms with Crippen molar-refractivity contribution < 1.29 is 23.7 Å². The molecule has 3 rings (SSSR count). The van der Waals surface area contributed by atoms with E-state index in [1.807, 2.05) is 6.07 Å². The molecule has 1 amide bonds. The molecule has 0 unspecified atom stereocenters. The van der Waals surface area contributed by atoms with Gasteiger partial charge in [0, 0.05) is 31.7 Å². The summed E-state index contributed by atoms with van der Waals surface area (Å²) in [5, 5.41) is 0. The number of hydrogen-bond donors (Lipinski definition) is 0. The van der Waals surface area contributed by atoms with Crippen LogP contribution in [0.25, 0.3) is 6.08 Å². The predicted octanol–water partition coefficient (Wildman–Crippen LogP) is 2.25. The second-order valence-electron chi connectivity index (χ2n) is 6.21. The number of nitrogens with zero attached hydrogens (tertiary/aromatic N) is 2. The van der Waals surface area contributed by atoms with Gasteiger partial charge in [0.15, 0.2) is 11.5 Å². The van der Waals surface area contributed by atoms with Gasteiger partial charge in [0.1, 0.15) is 4.32 Å². The molecule has 2 aliphatic heterocycles. The molecule has 0 atom stereocenters. The second kappa shape index (κ2) is 9.60. The highest BCUT2D eigenvalue weighted by molar-refractivity contribution is 8.26. The minimum atomic E-state index is -0.0832. The van der Waals surface area contributed by atoms with Crippen molar-refractivity contribution in [3.05, 3.63) is 22.6 Å². The fourth-order valence-corrected chi connectivity index (χ4v) is 4.44. The molecular formula is C19H24N2O5S2. The number of hydrogen-bond acceptors (Lipinski definition) is 8. The first kappa shape index (κ1) is 20.9. The SMILES string of the molecule is COc1ccc(/C=C2/SC(=S)N(CCN3CCOCC3)C2=O)c(OC)c1OC. The topological polar surface area (TPSA) is 60.5 Å². The molecule has 2 aliphatic rings. The van der Waals surface area contributed by atoms with Crippen molar-refractivity contribution in [1.29, 1.82) is 0 Å². The smallest absolute Gasteiger partial charge is 0.266 e. The average Bonchev–Trinajstić information content (AvgIpc) is 2.99. The van der Waals surface area contributed by atoms with E-state index in [0.29, 0.717) is 33.0 Å². The summed E-state index contributed by atoms with van der Waals surface area (Å²) in [6.07, 6.45) is 1.79. The molecule has 0 aliphatic carbocycles. The lowest BCUT2D eigenvalue weighted by Crippen LogP contribution is -2.42. The van der Waals surface area contributed by atoms with Crippen molar-refractivity contribution in [3.63, 3.8) is 0 Å². The van der Waals surface area contributed by atoms with Crippen LogP contribution in [0.2, 0.25) is 0 Å². The predicted molar refractivity (Wildman–Crippen MR) is 113 cm³/mol. The molecule has 152 valence electrons. The highest BCUT2D eigenvalue weighted by Gasteiger charge is 2.32. The molecule has 2 fully saturated rings. The summed E-state index contributed by atoms with van der Waals surface area (Å²) in [6.45, 7) is 4.59. The van der Waals surface area contributed by atoms with E-state index in [0.717, 1.165) is 38.4 Å². The van der Waals surface area contributed by atoms with E-state index in [9.17, 15) is 4.79 Å². The number of methoxy groups -OCH3 is 3. The molecule has 0 saturated carbocycles. The van der Waals surface area contributed by atoms with Gasteiger partial charge in [-0.15, -0.1) is 0 Å². The van der Waals surface area contributed by atoms with Crippen LogP contribution in [0, 0.1) is 0 Å². The third kappa shape index (κ3) is 4.43. The zero-order chi connectivity index (χ0) is 20.1. The van der Waals surface area contributed by atoms with Crippen LogP contribution >= 0.6 is 24.0 Å². The molecule has 0 bridgehead atoms. The summed E-state index contributed by atoms with van der Waals surface area (Å²) in [4.78, 5) is 17.4. The number of morpholine rings is 1. The number of thioether (sulfide) groups is 1. The Morgan fingerprint density at radius 2 is 1.82 bits per heavy atom. The monoisotopic (exact) mass is 424 g/mol. The van der Waals surface area contributed by atoms with Crippen LogP contribution in [0.15, 0.2) is 17.0 Å². The molecule has 1 aromatic carbocycles. The minimum absolute atomic E-state index is 0.0832. The lowest BCUT2D eigenvalue weighted by Gasteiger charge is -2.28. The minimum Gasteiger partial charge on any atom is -0.493 e. The molecule has 0 radical (unpaired) electrons. The number of carbonyl (C=O) groups is 1. The van der Waals surface area contributed by atoms with Gasteiger partial charge in [0.25, 0.3) is 5.91 Å². The number of amides is 1. The van der Waals surface area contributed by atoms with Crippen LogP contribution in [0.4, 0.5) is 0 Å². The maximum absolute atomic E-state index is 12.9. The Bertz CT molecular complexity index is 778. The van der Waals surface area contributed by atoms with Crippen molar-refractivity contribution in [2.45, 2.75) is 0 Å². The van der Waals surface area contributed by atoms with Crippen LogP contribution in [0.5, 0.6) is 17.2 Å². The largest absolute Gasteiger partial charge is 0.493 e. The second-order valence-corrected chi connectivity index (χ2v) is 7.89. The highest BCUT2D eigenvalue weighted by Crippen LogP contribution is 2.42. The van der Waals surface area contributed by atoms with Crippen molar-refractivity contribution >= 4 is 40.3 Å². The molecule has 0 N–H and O–H groups in total. The summed E-state index contributed by atoms with van der Waals surface area (Å²) >= 11 is 6.74. The van der Waals surface area contributed by atoms with Crippen LogP contribution in [0.1, 0.15) is 5.56 Å². The quantitative estimate of drug-likeness (QED) is 0.488. The number of ether oxygens (including phenoxy) is 4. The van der Waals surface area contributed by atoms with E-state index in [4.69, 9.17) is 31.2 Å². The molecule has 0 aromatic heterocycles. The molecule has 28 heavy (non-hydrogen) atoms. The van der Waals surface area contributed by atoms with Crippen molar-refractivity contribution in [2.24, 2.45) is 0 Å². The third-order valence-corrected chi connectivity index (χ3v) is 6.02. The van der Waals surface area contributed by atoms with Gasteiger partial charge in [-0.25, -0.2) is 0 Å². The van der Waals surface area contributed by atoms with E-state index in [2.05, 4.69) is 4.90 Å². The molecular weight excluding hydrogens is 400 g/mol. The number of thiocarbonyl (C=S) groups is 1. The Morgan fingerprint density at radius 3 is 2.46 bits per heavy atom. The molecule has 0 spiro atoms. The summed E-state index contributed by atoms with van der Waals surface area (Å²) in [5.74, 6) is 1.48. The Hall–Kier alpha value is -1.81. The van der Waals surface area contributed by atoms with Gasteiger partial charge in [0.05, 0.1) is 39.4 Å². The van der Waals surface area contributed by atoms with Crippen molar-refractivity contribution in [2.75, 3.05) is 60.7 Å². The van der Waals surface area contributed by atoms with Crippen LogP contribution in [-0.2, 0) is 9.53 Å². The fourth-order valence-electron chi connectivity index (χ4n) is 3.14. The van der Waals surface area contributed by atoms with Gasteiger partial charge in [-0.3, -0.25) is 14.6 Å². The summed E-state index contributed by atoms with van der Waals surface area (Å²) < 4.78 is 22.2. The maximum atomic E-state index is 12.9.